The van der Waals surface area contributed by atoms with Crippen molar-refractivity contribution >= 4 is 47.4 Å². The van der Waals surface area contributed by atoms with E-state index in [1.165, 1.54) is 0 Å². The first kappa shape index (κ1) is 23.7. The highest BCUT2D eigenvalue weighted by atomic mass is 127. The lowest BCUT2D eigenvalue weighted by atomic mass is 10.1. The molecule has 8 heteroatoms. The summed E-state index contributed by atoms with van der Waals surface area (Å²) in [5, 5.41) is 6.53. The highest BCUT2D eigenvalue weighted by Crippen LogP contribution is 2.21. The average molecular weight is 521 g/mol. The molecule has 1 heterocycles. The van der Waals surface area contributed by atoms with Gasteiger partial charge >= 0.3 is 0 Å². The Morgan fingerprint density at radius 3 is 2.53 bits per heavy atom. The van der Waals surface area contributed by atoms with Crippen molar-refractivity contribution in [2.45, 2.75) is 32.9 Å². The average Bonchev–Trinajstić information content (AvgIpc) is 3.16. The minimum atomic E-state index is -0.445. The van der Waals surface area contributed by atoms with Gasteiger partial charge in [-0.1, -0.05) is 24.3 Å². The molecule has 1 aliphatic rings. The topological polar surface area (TPSA) is 99.8 Å². The van der Waals surface area contributed by atoms with Crippen molar-refractivity contribution in [1.82, 2.24) is 10.6 Å². The van der Waals surface area contributed by atoms with Gasteiger partial charge in [-0.15, -0.1) is 24.0 Å². The van der Waals surface area contributed by atoms with Gasteiger partial charge < -0.3 is 21.3 Å². The number of carbonyl (C=O) groups is 2. The van der Waals surface area contributed by atoms with Crippen LogP contribution in [-0.2, 0) is 17.9 Å². The van der Waals surface area contributed by atoms with E-state index >= 15 is 0 Å². The minimum absolute atomic E-state index is 0. The molecule has 0 bridgehead atoms. The summed E-state index contributed by atoms with van der Waals surface area (Å²) in [6.07, 6.45) is 1.56. The van der Waals surface area contributed by atoms with Crippen molar-refractivity contribution in [2.75, 3.05) is 18.0 Å². The second-order valence-corrected chi connectivity index (χ2v) is 6.93. The van der Waals surface area contributed by atoms with E-state index in [0.717, 1.165) is 36.3 Å². The number of primary amides is 1. The van der Waals surface area contributed by atoms with Gasteiger partial charge in [0.15, 0.2) is 5.96 Å². The van der Waals surface area contributed by atoms with Crippen LogP contribution in [0.25, 0.3) is 0 Å². The summed E-state index contributed by atoms with van der Waals surface area (Å²) in [4.78, 5) is 29.6. The minimum Gasteiger partial charge on any atom is -0.366 e. The molecule has 1 saturated heterocycles. The first-order valence-electron chi connectivity index (χ1n) is 9.87. The Labute approximate surface area is 194 Å². The Bertz CT molecular complexity index is 899. The van der Waals surface area contributed by atoms with Crippen molar-refractivity contribution in [2.24, 2.45) is 10.7 Å². The fraction of sp³-hybridized carbons (Fsp3) is 0.318. The van der Waals surface area contributed by atoms with Crippen molar-refractivity contribution in [3.63, 3.8) is 0 Å². The zero-order valence-electron chi connectivity index (χ0n) is 17.1. The van der Waals surface area contributed by atoms with E-state index in [0.29, 0.717) is 31.0 Å². The van der Waals surface area contributed by atoms with Gasteiger partial charge in [-0.2, -0.15) is 0 Å². The molecule has 7 nitrogen and oxygen atoms in total. The molecule has 0 atom stereocenters. The Hall–Kier alpha value is -2.62. The number of guanidine groups is 1. The smallest absolute Gasteiger partial charge is 0.248 e. The van der Waals surface area contributed by atoms with Crippen LogP contribution >= 0.6 is 24.0 Å². The normalized spacial score (nSPS) is 13.7. The monoisotopic (exact) mass is 521 g/mol. The Kier molecular flexibility index (Phi) is 9.10. The van der Waals surface area contributed by atoms with Crippen LogP contribution in [0.3, 0.4) is 0 Å². The number of nitrogens with zero attached hydrogens (tertiary/aromatic N) is 2. The molecule has 0 saturated carbocycles. The van der Waals surface area contributed by atoms with Crippen LogP contribution in [0.1, 0.15) is 41.3 Å². The van der Waals surface area contributed by atoms with Gasteiger partial charge in [0.2, 0.25) is 11.8 Å². The number of carbonyl (C=O) groups excluding carboxylic acids is 2. The maximum absolute atomic E-state index is 11.9. The molecule has 2 aromatic rings. The van der Waals surface area contributed by atoms with Crippen LogP contribution < -0.4 is 21.3 Å². The SMILES string of the molecule is CCNC(=NCc1cccc(C(N)=O)c1)NCc1ccc(N2CCCC2=O)cc1.I. The molecule has 2 amide bonds. The number of aliphatic imine (C=N–C) groups is 1. The third-order valence-corrected chi connectivity index (χ3v) is 4.76. The molecule has 0 radical (unpaired) electrons. The second kappa shape index (κ2) is 11.5. The summed E-state index contributed by atoms with van der Waals surface area (Å²) in [5.41, 5.74) is 8.78. The predicted molar refractivity (Wildman–Crippen MR) is 130 cm³/mol. The van der Waals surface area contributed by atoms with Gasteiger partial charge in [0, 0.05) is 37.3 Å². The van der Waals surface area contributed by atoms with E-state index in [1.807, 2.05) is 42.2 Å². The van der Waals surface area contributed by atoms with E-state index in [1.54, 1.807) is 18.2 Å². The molecule has 0 spiro atoms. The molecule has 0 aliphatic carbocycles. The third-order valence-electron chi connectivity index (χ3n) is 4.76. The number of amides is 2. The van der Waals surface area contributed by atoms with Crippen molar-refractivity contribution in [3.05, 3.63) is 65.2 Å². The van der Waals surface area contributed by atoms with E-state index in [4.69, 9.17) is 5.73 Å². The lowest BCUT2D eigenvalue weighted by Crippen LogP contribution is -2.36. The van der Waals surface area contributed by atoms with E-state index < -0.39 is 5.91 Å². The lowest BCUT2D eigenvalue weighted by Gasteiger charge is -2.16. The fourth-order valence-electron chi connectivity index (χ4n) is 3.24. The summed E-state index contributed by atoms with van der Waals surface area (Å²) in [5.74, 6) is 0.438. The number of benzene rings is 2. The summed E-state index contributed by atoms with van der Waals surface area (Å²) < 4.78 is 0. The van der Waals surface area contributed by atoms with Gasteiger partial charge in [-0.05, 0) is 48.7 Å². The number of nitrogens with one attached hydrogen (secondary N) is 2. The van der Waals surface area contributed by atoms with Crippen molar-refractivity contribution < 1.29 is 9.59 Å². The first-order chi connectivity index (χ1) is 14.1. The van der Waals surface area contributed by atoms with Crippen molar-refractivity contribution in [3.8, 4) is 0 Å². The molecule has 0 unspecified atom stereocenters. The van der Waals surface area contributed by atoms with Gasteiger partial charge in [-0.25, -0.2) is 4.99 Å². The van der Waals surface area contributed by atoms with Gasteiger partial charge in [0.05, 0.1) is 6.54 Å². The Morgan fingerprint density at radius 2 is 1.90 bits per heavy atom. The highest BCUT2D eigenvalue weighted by molar-refractivity contribution is 14.0. The Balaban J connectivity index is 0.00000320. The second-order valence-electron chi connectivity index (χ2n) is 6.93. The van der Waals surface area contributed by atoms with E-state index in [9.17, 15) is 9.59 Å². The fourth-order valence-corrected chi connectivity index (χ4v) is 3.24. The summed E-state index contributed by atoms with van der Waals surface area (Å²) in [7, 11) is 0. The largest absolute Gasteiger partial charge is 0.366 e. The molecule has 0 aromatic heterocycles. The van der Waals surface area contributed by atoms with Gasteiger partial charge in [-0.3, -0.25) is 9.59 Å². The molecule has 1 fully saturated rings. The number of hydrogen-bond donors (Lipinski definition) is 3. The van der Waals surface area contributed by atoms with Crippen LogP contribution in [0.4, 0.5) is 5.69 Å². The maximum atomic E-state index is 11.9. The Morgan fingerprint density at radius 1 is 1.13 bits per heavy atom. The molecule has 30 heavy (non-hydrogen) atoms. The van der Waals surface area contributed by atoms with Crippen LogP contribution in [0.15, 0.2) is 53.5 Å². The molecular weight excluding hydrogens is 493 g/mol. The zero-order valence-corrected chi connectivity index (χ0v) is 19.4. The van der Waals surface area contributed by atoms with E-state index in [2.05, 4.69) is 15.6 Å². The van der Waals surface area contributed by atoms with Gasteiger partial charge in [0.1, 0.15) is 0 Å². The molecule has 4 N–H and O–H groups in total. The number of anilines is 1. The first-order valence-corrected chi connectivity index (χ1v) is 9.87. The zero-order chi connectivity index (χ0) is 20.6. The third kappa shape index (κ3) is 6.45. The maximum Gasteiger partial charge on any atom is 0.248 e. The van der Waals surface area contributed by atoms with Crippen molar-refractivity contribution in [1.29, 1.82) is 0 Å². The molecule has 1 aliphatic heterocycles. The quantitative estimate of drug-likeness (QED) is 0.297. The van der Waals surface area contributed by atoms with Gasteiger partial charge in [0.25, 0.3) is 0 Å². The predicted octanol–water partition coefficient (Wildman–Crippen LogP) is 2.79. The summed E-state index contributed by atoms with van der Waals surface area (Å²) >= 11 is 0. The van der Waals surface area contributed by atoms with Crippen LogP contribution in [0.2, 0.25) is 0 Å². The lowest BCUT2D eigenvalue weighted by molar-refractivity contribution is -0.117. The number of nitrogens with two attached hydrogens (primary N) is 1. The highest BCUT2D eigenvalue weighted by Gasteiger charge is 2.21. The standard InChI is InChI=1S/C22H27N5O2.HI/c1-2-24-22(26-15-17-5-3-6-18(13-17)21(23)29)25-14-16-8-10-19(11-9-16)27-12-4-7-20(27)28;/h3,5-6,8-11,13H,2,4,7,12,14-15H2,1H3,(H2,23,29)(H2,24,25,26);1H. The van der Waals surface area contributed by atoms with E-state index in [-0.39, 0.29) is 29.9 Å². The molecule has 3 rings (SSSR count). The molecule has 2 aromatic carbocycles. The molecular formula is C22H28IN5O2. The number of rotatable bonds is 7. The van der Waals surface area contributed by atoms with Crippen LogP contribution in [-0.4, -0.2) is 30.9 Å². The number of halogens is 1. The summed E-state index contributed by atoms with van der Waals surface area (Å²) in [6, 6.07) is 15.2. The van der Waals surface area contributed by atoms with Crippen LogP contribution in [0, 0.1) is 0 Å². The molecule has 160 valence electrons. The number of hydrogen-bond acceptors (Lipinski definition) is 3. The van der Waals surface area contributed by atoms with Crippen LogP contribution in [0.5, 0.6) is 0 Å². The summed E-state index contributed by atoms with van der Waals surface area (Å²) in [6.45, 7) is 4.59.